The molecule has 1 saturated heterocycles. The van der Waals surface area contributed by atoms with E-state index in [1.807, 2.05) is 17.0 Å². The number of primary amides is 1. The second kappa shape index (κ2) is 9.01. The molecule has 0 unspecified atom stereocenters. The first-order valence-corrected chi connectivity index (χ1v) is 13.1. The minimum Gasteiger partial charge on any atom is -0.369 e. The molecule has 2 fully saturated rings. The Morgan fingerprint density at radius 3 is 2.41 bits per heavy atom. The first-order chi connectivity index (χ1) is 15.1. The Morgan fingerprint density at radius 1 is 1.16 bits per heavy atom. The summed E-state index contributed by atoms with van der Waals surface area (Å²) < 4.78 is 64.2. The summed E-state index contributed by atoms with van der Waals surface area (Å²) in [5, 5.41) is -0.342. The lowest BCUT2D eigenvalue weighted by Gasteiger charge is -2.31. The molecule has 174 valence electrons. The van der Waals surface area contributed by atoms with Gasteiger partial charge in [0, 0.05) is 30.6 Å². The number of thiazole rings is 1. The van der Waals surface area contributed by atoms with Gasteiger partial charge in [0.1, 0.15) is 6.17 Å². The maximum absolute atomic E-state index is 13.9. The van der Waals surface area contributed by atoms with E-state index in [2.05, 4.69) is 4.98 Å². The first-order valence-electron chi connectivity index (χ1n) is 10.4. The predicted molar refractivity (Wildman–Crippen MR) is 118 cm³/mol. The summed E-state index contributed by atoms with van der Waals surface area (Å²) in [6.45, 7) is 0.797. The number of amides is 1. The van der Waals surface area contributed by atoms with Gasteiger partial charge in [-0.15, -0.1) is 11.3 Å². The average Bonchev–Trinajstić information content (AvgIpc) is 3.19. The monoisotopic (exact) mass is 487 g/mol. The molecule has 2 N–H and O–H groups in total. The molecule has 0 spiro atoms. The van der Waals surface area contributed by atoms with E-state index >= 15 is 0 Å². The minimum absolute atomic E-state index is 0.0300. The Kier molecular flexibility index (Phi) is 6.49. The summed E-state index contributed by atoms with van der Waals surface area (Å²) in [6, 6.07) is 7.21. The standard InChI is InChI=1S/C21H24F3N3O3S2/c22-13-3-6-15(16(11-13)20(25)28)17-18(31-21(26-17)19(23)24)12-1-4-14(5-2-12)27-7-9-32(29,30)10-8-27/h1-2,4-5,13,15-16,19H,3,6-11H2,(H2,25,28)/t13-,15+,16+/m0/s1. The zero-order chi connectivity index (χ0) is 23.0. The van der Waals surface area contributed by atoms with Gasteiger partial charge in [0.15, 0.2) is 14.8 Å². The van der Waals surface area contributed by atoms with E-state index in [9.17, 15) is 26.4 Å². The molecule has 1 aromatic heterocycles. The van der Waals surface area contributed by atoms with Crippen molar-refractivity contribution in [3.63, 3.8) is 0 Å². The maximum Gasteiger partial charge on any atom is 0.289 e. The Morgan fingerprint density at radius 2 is 1.81 bits per heavy atom. The SMILES string of the molecule is NC(=O)[C@@H]1C[C@@H](F)CC[C@H]1c1nc(C(F)F)sc1-c1ccc(N2CCS(=O)(=O)CC2)cc1. The summed E-state index contributed by atoms with van der Waals surface area (Å²) in [5.41, 5.74) is 7.39. The molecule has 2 aromatic rings. The summed E-state index contributed by atoms with van der Waals surface area (Å²) in [5.74, 6) is -1.76. The number of carbonyl (C=O) groups excluding carboxylic acids is 1. The third kappa shape index (κ3) is 4.78. The highest BCUT2D eigenvalue weighted by molar-refractivity contribution is 7.91. The normalized spacial score (nSPS) is 25.8. The topological polar surface area (TPSA) is 93.4 Å². The Hall–Kier alpha value is -2.14. The maximum atomic E-state index is 13.9. The number of hydrogen-bond acceptors (Lipinski definition) is 6. The molecule has 4 rings (SSSR count). The van der Waals surface area contributed by atoms with Gasteiger partial charge in [0.2, 0.25) is 5.91 Å². The van der Waals surface area contributed by atoms with E-state index < -0.39 is 40.2 Å². The molecular weight excluding hydrogens is 463 g/mol. The van der Waals surface area contributed by atoms with Gasteiger partial charge in [-0.2, -0.15) is 0 Å². The predicted octanol–water partition coefficient (Wildman–Crippen LogP) is 3.69. The van der Waals surface area contributed by atoms with Gasteiger partial charge in [-0.1, -0.05) is 12.1 Å². The van der Waals surface area contributed by atoms with Crippen molar-refractivity contribution in [2.24, 2.45) is 11.7 Å². The Bertz CT molecular complexity index is 1080. The van der Waals surface area contributed by atoms with Gasteiger partial charge in [-0.25, -0.2) is 26.6 Å². The molecule has 6 nitrogen and oxygen atoms in total. The molecule has 11 heteroatoms. The average molecular weight is 488 g/mol. The Labute approximate surface area is 188 Å². The number of nitrogens with two attached hydrogens (primary N) is 1. The van der Waals surface area contributed by atoms with Crippen LogP contribution in [-0.4, -0.2) is 50.1 Å². The molecule has 0 radical (unpaired) electrons. The third-order valence-electron chi connectivity index (χ3n) is 6.20. The molecule has 1 amide bonds. The number of sulfone groups is 1. The lowest BCUT2D eigenvalue weighted by Crippen LogP contribution is -2.40. The van der Waals surface area contributed by atoms with Gasteiger partial charge >= 0.3 is 0 Å². The van der Waals surface area contributed by atoms with Crippen molar-refractivity contribution >= 4 is 32.8 Å². The van der Waals surface area contributed by atoms with E-state index in [0.29, 0.717) is 35.6 Å². The van der Waals surface area contributed by atoms with E-state index in [4.69, 9.17) is 5.73 Å². The number of hydrogen-bond donors (Lipinski definition) is 1. The zero-order valence-corrected chi connectivity index (χ0v) is 18.8. The molecule has 1 aliphatic heterocycles. The van der Waals surface area contributed by atoms with Crippen LogP contribution >= 0.6 is 11.3 Å². The van der Waals surface area contributed by atoms with Crippen LogP contribution < -0.4 is 10.6 Å². The van der Waals surface area contributed by atoms with Crippen molar-refractivity contribution in [2.75, 3.05) is 29.5 Å². The first kappa shape index (κ1) is 23.0. The van der Waals surface area contributed by atoms with Gasteiger partial charge in [-0.05, 0) is 37.0 Å². The van der Waals surface area contributed by atoms with Gasteiger partial charge < -0.3 is 10.6 Å². The molecule has 1 saturated carbocycles. The summed E-state index contributed by atoms with van der Waals surface area (Å²) in [4.78, 5) is 18.6. The second-order valence-corrected chi connectivity index (χ2v) is 11.6. The van der Waals surface area contributed by atoms with E-state index in [1.54, 1.807) is 12.1 Å². The van der Waals surface area contributed by atoms with E-state index in [-0.39, 0.29) is 29.4 Å². The van der Waals surface area contributed by atoms with Crippen molar-refractivity contribution in [3.05, 3.63) is 35.0 Å². The number of benzene rings is 1. The molecule has 3 atom stereocenters. The molecule has 0 bridgehead atoms. The molecule has 1 aromatic carbocycles. The van der Waals surface area contributed by atoms with Crippen LogP contribution in [0.2, 0.25) is 0 Å². The second-order valence-electron chi connectivity index (χ2n) is 8.28. The molecule has 2 aliphatic rings. The summed E-state index contributed by atoms with van der Waals surface area (Å²) in [6.07, 6.45) is -3.39. The van der Waals surface area contributed by atoms with Crippen LogP contribution in [0.1, 0.15) is 42.3 Å². The highest BCUT2D eigenvalue weighted by atomic mass is 32.2. The fourth-order valence-corrected chi connectivity index (χ4v) is 6.65. The van der Waals surface area contributed by atoms with E-state index in [1.165, 1.54) is 0 Å². The lowest BCUT2D eigenvalue weighted by molar-refractivity contribution is -0.124. The smallest absolute Gasteiger partial charge is 0.289 e. The van der Waals surface area contributed by atoms with Crippen LogP contribution in [0.25, 0.3) is 10.4 Å². The van der Waals surface area contributed by atoms with Gasteiger partial charge in [0.05, 0.1) is 22.1 Å². The fourth-order valence-electron chi connectivity index (χ4n) is 4.46. The highest BCUT2D eigenvalue weighted by Gasteiger charge is 2.38. The fraction of sp³-hybridized carbons (Fsp3) is 0.524. The Balaban J connectivity index is 1.65. The number of nitrogens with zero attached hydrogens (tertiary/aromatic N) is 2. The van der Waals surface area contributed by atoms with Crippen LogP contribution in [0.3, 0.4) is 0 Å². The molecule has 2 heterocycles. The quantitative estimate of drug-likeness (QED) is 0.694. The molecule has 32 heavy (non-hydrogen) atoms. The van der Waals surface area contributed by atoms with Crippen LogP contribution in [0.4, 0.5) is 18.9 Å². The number of halogens is 3. The largest absolute Gasteiger partial charge is 0.369 e. The summed E-state index contributed by atoms with van der Waals surface area (Å²) in [7, 11) is -3.00. The van der Waals surface area contributed by atoms with E-state index in [0.717, 1.165) is 17.0 Å². The zero-order valence-electron chi connectivity index (χ0n) is 17.2. The summed E-state index contributed by atoms with van der Waals surface area (Å²) >= 11 is 0.870. The number of rotatable bonds is 5. The lowest BCUT2D eigenvalue weighted by atomic mass is 9.75. The van der Waals surface area contributed by atoms with Crippen molar-refractivity contribution in [1.29, 1.82) is 0 Å². The molecule has 1 aliphatic carbocycles. The van der Waals surface area contributed by atoms with Crippen molar-refractivity contribution in [2.45, 2.75) is 37.8 Å². The van der Waals surface area contributed by atoms with Crippen molar-refractivity contribution < 1.29 is 26.4 Å². The number of alkyl halides is 3. The molecular formula is C21H24F3N3O3S2. The van der Waals surface area contributed by atoms with Crippen LogP contribution in [0.5, 0.6) is 0 Å². The van der Waals surface area contributed by atoms with Gasteiger partial charge in [-0.3, -0.25) is 4.79 Å². The van der Waals surface area contributed by atoms with Gasteiger partial charge in [0.25, 0.3) is 6.43 Å². The number of carbonyl (C=O) groups is 1. The van der Waals surface area contributed by atoms with Crippen LogP contribution in [0, 0.1) is 5.92 Å². The minimum atomic E-state index is -3.00. The number of anilines is 1. The third-order valence-corrected chi connectivity index (χ3v) is 8.94. The number of aromatic nitrogens is 1. The van der Waals surface area contributed by atoms with Crippen molar-refractivity contribution in [1.82, 2.24) is 4.98 Å². The van der Waals surface area contributed by atoms with Crippen molar-refractivity contribution in [3.8, 4) is 10.4 Å². The van der Waals surface area contributed by atoms with Crippen LogP contribution in [-0.2, 0) is 14.6 Å². The van der Waals surface area contributed by atoms with Crippen LogP contribution in [0.15, 0.2) is 24.3 Å². The highest BCUT2D eigenvalue weighted by Crippen LogP contribution is 2.45.